The van der Waals surface area contributed by atoms with E-state index in [1.807, 2.05) is 0 Å². The number of rotatable bonds is 1. The van der Waals surface area contributed by atoms with Gasteiger partial charge in [-0.25, -0.2) is 0 Å². The molecule has 0 N–H and O–H groups in total. The van der Waals surface area contributed by atoms with Gasteiger partial charge in [0.2, 0.25) is 0 Å². The molecule has 0 aliphatic carbocycles. The highest BCUT2D eigenvalue weighted by molar-refractivity contribution is 5.62. The summed E-state index contributed by atoms with van der Waals surface area (Å²) in [6, 6.07) is 4.99. The Morgan fingerprint density at radius 1 is 1.31 bits per heavy atom. The van der Waals surface area contributed by atoms with Crippen LogP contribution < -0.4 is 0 Å². The van der Waals surface area contributed by atoms with Crippen LogP contribution in [0, 0.1) is 6.92 Å². The normalized spacial score (nSPS) is 14.2. The average Bonchev–Trinajstić information content (AvgIpc) is 2.32. The predicted molar refractivity (Wildman–Crippen MR) is 54.4 cm³/mol. The number of aryl methyl sites for hydroxylation is 1. The minimum absolute atomic E-state index is 0.0258. The van der Waals surface area contributed by atoms with Gasteiger partial charge in [-0.15, -0.1) is 0 Å². The molecule has 0 spiro atoms. The Hall–Kier alpha value is -1.63. The van der Waals surface area contributed by atoms with Gasteiger partial charge < -0.3 is 0 Å². The van der Waals surface area contributed by atoms with Crippen molar-refractivity contribution in [1.29, 1.82) is 0 Å². The van der Waals surface area contributed by atoms with Crippen LogP contribution in [0.15, 0.2) is 48.7 Å². The zero-order chi connectivity index (χ0) is 12.6. The van der Waals surface area contributed by atoms with Crippen molar-refractivity contribution in [1.82, 2.24) is 4.98 Å². The van der Waals surface area contributed by atoms with Crippen molar-refractivity contribution in [3.8, 4) is 11.1 Å². The Morgan fingerprint density at radius 3 is 3.08 bits per heavy atom. The van der Waals surface area contributed by atoms with Crippen LogP contribution in [-0.4, -0.2) is 4.98 Å². The standard InChI is InChI=1S/C12H11N/c1-10-4-2-5-11(8-10)12-6-3-7-13-9-12/h2-9H,1H3/i2D,4D,5D,9D. The molecule has 0 amide bonds. The van der Waals surface area contributed by atoms with Crippen LogP contribution in [0.3, 0.4) is 0 Å². The number of hydrogen-bond acceptors (Lipinski definition) is 1. The first-order valence-electron chi connectivity index (χ1n) is 6.01. The lowest BCUT2D eigenvalue weighted by Gasteiger charge is -2.00. The topological polar surface area (TPSA) is 12.9 Å². The van der Waals surface area contributed by atoms with E-state index in [2.05, 4.69) is 4.98 Å². The zero-order valence-electron chi connectivity index (χ0n) is 11.3. The fourth-order valence-electron chi connectivity index (χ4n) is 1.11. The lowest BCUT2D eigenvalue weighted by atomic mass is 10.1. The van der Waals surface area contributed by atoms with Crippen LogP contribution >= 0.6 is 0 Å². The summed E-state index contributed by atoms with van der Waals surface area (Å²) in [5.41, 5.74) is 1.64. The van der Waals surface area contributed by atoms with Crippen molar-refractivity contribution >= 4 is 0 Å². The number of hydrogen-bond donors (Lipinski definition) is 0. The lowest BCUT2D eigenvalue weighted by molar-refractivity contribution is 1.33. The summed E-state index contributed by atoms with van der Waals surface area (Å²) in [5, 5.41) is 0. The highest BCUT2D eigenvalue weighted by Crippen LogP contribution is 2.18. The summed E-state index contributed by atoms with van der Waals surface area (Å²) >= 11 is 0. The van der Waals surface area contributed by atoms with E-state index in [1.165, 1.54) is 6.20 Å². The fourth-order valence-corrected chi connectivity index (χ4v) is 1.11. The summed E-state index contributed by atoms with van der Waals surface area (Å²) in [5.74, 6) is 0. The summed E-state index contributed by atoms with van der Waals surface area (Å²) in [6.07, 6.45) is 1.60. The van der Waals surface area contributed by atoms with Gasteiger partial charge in [-0.05, 0) is 24.1 Å². The summed E-state index contributed by atoms with van der Waals surface area (Å²) in [6.45, 7) is 1.73. The highest BCUT2D eigenvalue weighted by atomic mass is 14.6. The Kier molecular flexibility index (Phi) is 1.19. The van der Waals surface area contributed by atoms with Gasteiger partial charge in [-0.1, -0.05) is 35.8 Å². The molecule has 2 rings (SSSR count). The largest absolute Gasteiger partial charge is 0.264 e. The van der Waals surface area contributed by atoms with Gasteiger partial charge in [0, 0.05) is 12.4 Å². The minimum atomic E-state index is -0.108. The second-order valence-corrected chi connectivity index (χ2v) is 2.78. The molecule has 64 valence electrons. The van der Waals surface area contributed by atoms with E-state index in [0.717, 1.165) is 0 Å². The molecule has 0 saturated carbocycles. The maximum absolute atomic E-state index is 7.85. The maximum atomic E-state index is 7.85. The molecule has 0 bridgehead atoms. The number of aromatic nitrogens is 1. The van der Waals surface area contributed by atoms with Gasteiger partial charge in [0.05, 0.1) is 5.48 Å². The minimum Gasteiger partial charge on any atom is -0.264 e. The van der Waals surface area contributed by atoms with Crippen molar-refractivity contribution in [2.75, 3.05) is 0 Å². The van der Waals surface area contributed by atoms with Crippen LogP contribution in [0.5, 0.6) is 0 Å². The van der Waals surface area contributed by atoms with Gasteiger partial charge in [0.25, 0.3) is 0 Å². The number of nitrogens with zero attached hydrogens (tertiary/aromatic N) is 1. The summed E-state index contributed by atoms with van der Waals surface area (Å²) < 4.78 is 30.9. The second kappa shape index (κ2) is 3.40. The first-order valence-corrected chi connectivity index (χ1v) is 4.01. The molecule has 0 atom stereocenters. The highest BCUT2D eigenvalue weighted by Gasteiger charge is 1.95. The molecule has 1 heterocycles. The molecule has 0 radical (unpaired) electrons. The molecule has 1 heteroatoms. The third kappa shape index (κ3) is 1.75. The van der Waals surface area contributed by atoms with Crippen LogP contribution in [0.4, 0.5) is 0 Å². The maximum Gasteiger partial charge on any atom is 0.0847 e. The summed E-state index contributed by atoms with van der Waals surface area (Å²) in [4.78, 5) is 3.85. The SMILES string of the molecule is [2H]c1ncccc1-c1cc(C)c([2H])c([2H])c1[2H]. The van der Waals surface area contributed by atoms with Crippen LogP contribution in [-0.2, 0) is 0 Å². The Balaban J connectivity index is 2.73. The van der Waals surface area contributed by atoms with Crippen molar-refractivity contribution in [2.24, 2.45) is 0 Å². The molecule has 2 aromatic rings. The Morgan fingerprint density at radius 2 is 2.23 bits per heavy atom. The van der Waals surface area contributed by atoms with Gasteiger partial charge >= 0.3 is 0 Å². The summed E-state index contributed by atoms with van der Waals surface area (Å²) in [7, 11) is 0. The third-order valence-electron chi connectivity index (χ3n) is 1.72. The van der Waals surface area contributed by atoms with E-state index in [1.54, 1.807) is 25.1 Å². The van der Waals surface area contributed by atoms with Gasteiger partial charge in [-0.3, -0.25) is 4.98 Å². The van der Waals surface area contributed by atoms with Gasteiger partial charge in [0.15, 0.2) is 0 Å². The lowest BCUT2D eigenvalue weighted by Crippen LogP contribution is -1.79. The molecule has 13 heavy (non-hydrogen) atoms. The molecular weight excluding hydrogens is 158 g/mol. The molecule has 1 nitrogen and oxygen atoms in total. The second-order valence-electron chi connectivity index (χ2n) is 2.78. The molecule has 0 saturated heterocycles. The molecule has 0 aliphatic heterocycles. The van der Waals surface area contributed by atoms with E-state index in [0.29, 0.717) is 16.7 Å². The fraction of sp³-hybridized carbons (Fsp3) is 0.0833. The molecule has 1 aromatic carbocycles. The van der Waals surface area contributed by atoms with E-state index in [9.17, 15) is 0 Å². The van der Waals surface area contributed by atoms with E-state index in [-0.39, 0.29) is 24.3 Å². The van der Waals surface area contributed by atoms with E-state index in [4.69, 9.17) is 5.48 Å². The number of benzene rings is 1. The monoisotopic (exact) mass is 173 g/mol. The van der Waals surface area contributed by atoms with Gasteiger partial charge in [-0.2, -0.15) is 0 Å². The molecule has 1 aromatic heterocycles. The first-order chi connectivity index (χ1) is 8.02. The van der Waals surface area contributed by atoms with Crippen LogP contribution in [0.2, 0.25) is 0 Å². The zero-order valence-corrected chi connectivity index (χ0v) is 7.26. The third-order valence-corrected chi connectivity index (χ3v) is 1.72. The molecule has 0 fully saturated rings. The van der Waals surface area contributed by atoms with Crippen molar-refractivity contribution in [2.45, 2.75) is 6.92 Å². The molecule has 0 aliphatic rings. The van der Waals surface area contributed by atoms with E-state index < -0.39 is 0 Å². The predicted octanol–water partition coefficient (Wildman–Crippen LogP) is 3.06. The first kappa shape index (κ1) is 4.56. The quantitative estimate of drug-likeness (QED) is 0.646. The average molecular weight is 173 g/mol. The molecular formula is C12H11N. The molecule has 0 unspecified atom stereocenters. The van der Waals surface area contributed by atoms with Crippen molar-refractivity contribution in [3.05, 3.63) is 54.3 Å². The Bertz CT molecular complexity index is 581. The number of pyridine rings is 1. The van der Waals surface area contributed by atoms with Gasteiger partial charge in [0.1, 0.15) is 0 Å². The van der Waals surface area contributed by atoms with Crippen molar-refractivity contribution < 1.29 is 5.48 Å². The van der Waals surface area contributed by atoms with E-state index >= 15 is 0 Å². The van der Waals surface area contributed by atoms with Crippen LogP contribution in [0.25, 0.3) is 11.1 Å². The van der Waals surface area contributed by atoms with Crippen molar-refractivity contribution in [3.63, 3.8) is 0 Å². The smallest absolute Gasteiger partial charge is 0.0847 e. The Labute approximate surface area is 83.7 Å². The van der Waals surface area contributed by atoms with Crippen LogP contribution in [0.1, 0.15) is 11.0 Å².